The maximum atomic E-state index is 12.4. The third-order valence-corrected chi connectivity index (χ3v) is 5.56. The van der Waals surface area contributed by atoms with E-state index >= 15 is 0 Å². The van der Waals surface area contributed by atoms with Crippen LogP contribution in [0.4, 0.5) is 5.95 Å². The molecular weight excluding hydrogens is 368 g/mol. The van der Waals surface area contributed by atoms with Crippen molar-refractivity contribution in [3.05, 3.63) is 42.7 Å². The van der Waals surface area contributed by atoms with Crippen molar-refractivity contribution in [2.24, 2.45) is 5.92 Å². The Kier molecular flexibility index (Phi) is 5.71. The van der Waals surface area contributed by atoms with Crippen LogP contribution in [-0.2, 0) is 4.79 Å². The summed E-state index contributed by atoms with van der Waals surface area (Å²) >= 11 is 0. The summed E-state index contributed by atoms with van der Waals surface area (Å²) in [4.78, 5) is 23.0. The lowest BCUT2D eigenvalue weighted by atomic mass is 9.85. The molecule has 8 nitrogen and oxygen atoms in total. The number of rotatable bonds is 6. The number of carbonyl (C=O) groups excluding carboxylic acids is 1. The number of nitrogens with zero attached hydrogens (tertiary/aromatic N) is 5. The van der Waals surface area contributed by atoms with E-state index in [2.05, 4.69) is 20.4 Å². The molecule has 1 fully saturated rings. The van der Waals surface area contributed by atoms with E-state index in [4.69, 9.17) is 5.11 Å². The Hall–Kier alpha value is -3.00. The van der Waals surface area contributed by atoms with Crippen molar-refractivity contribution >= 4 is 22.8 Å². The van der Waals surface area contributed by atoms with E-state index in [0.717, 1.165) is 42.4 Å². The van der Waals surface area contributed by atoms with Crippen molar-refractivity contribution < 1.29 is 9.90 Å². The molecule has 0 bridgehead atoms. The fourth-order valence-electron chi connectivity index (χ4n) is 3.93. The maximum Gasteiger partial charge on any atom is 0.225 e. The van der Waals surface area contributed by atoms with E-state index in [9.17, 15) is 4.79 Å². The maximum absolute atomic E-state index is 12.4. The Morgan fingerprint density at radius 3 is 2.83 bits per heavy atom. The summed E-state index contributed by atoms with van der Waals surface area (Å²) in [6, 6.07) is 10.1. The molecule has 2 N–H and O–H groups in total. The molecule has 0 aliphatic heterocycles. The summed E-state index contributed by atoms with van der Waals surface area (Å²) in [6.07, 6.45) is 7.01. The van der Waals surface area contributed by atoms with Gasteiger partial charge in [-0.3, -0.25) is 4.79 Å². The lowest BCUT2D eigenvalue weighted by Crippen LogP contribution is -2.38. The van der Waals surface area contributed by atoms with E-state index in [1.54, 1.807) is 18.1 Å². The number of likely N-dealkylation sites (N-methyl/N-ethyl adjacent to an activating group) is 1. The van der Waals surface area contributed by atoms with Crippen molar-refractivity contribution in [2.45, 2.75) is 31.7 Å². The summed E-state index contributed by atoms with van der Waals surface area (Å²) in [7, 11) is 1.75. The minimum Gasteiger partial charge on any atom is -0.395 e. The van der Waals surface area contributed by atoms with Crippen molar-refractivity contribution in [3.63, 3.8) is 0 Å². The number of benzene rings is 1. The van der Waals surface area contributed by atoms with Crippen LogP contribution in [0.3, 0.4) is 0 Å². The molecule has 29 heavy (non-hydrogen) atoms. The molecule has 2 aromatic heterocycles. The van der Waals surface area contributed by atoms with E-state index in [1.807, 2.05) is 41.2 Å². The van der Waals surface area contributed by atoms with E-state index in [-0.39, 0.29) is 24.5 Å². The number of amides is 1. The van der Waals surface area contributed by atoms with Gasteiger partial charge in [0.05, 0.1) is 18.3 Å². The molecule has 1 aliphatic carbocycles. The van der Waals surface area contributed by atoms with Crippen LogP contribution in [0.15, 0.2) is 42.7 Å². The first-order valence-electron chi connectivity index (χ1n) is 10.0. The third kappa shape index (κ3) is 4.22. The van der Waals surface area contributed by atoms with Gasteiger partial charge in [-0.2, -0.15) is 10.1 Å². The highest BCUT2D eigenvalue weighted by Gasteiger charge is 2.28. The van der Waals surface area contributed by atoms with Gasteiger partial charge in [-0.1, -0.05) is 18.2 Å². The zero-order valence-electron chi connectivity index (χ0n) is 16.5. The summed E-state index contributed by atoms with van der Waals surface area (Å²) in [5.74, 6) is 1.46. The number of aliphatic hydroxyl groups is 1. The van der Waals surface area contributed by atoms with Gasteiger partial charge >= 0.3 is 0 Å². The summed E-state index contributed by atoms with van der Waals surface area (Å²) < 4.78 is 1.81. The van der Waals surface area contributed by atoms with Crippen LogP contribution in [-0.4, -0.2) is 61.9 Å². The Balaban J connectivity index is 1.40. The van der Waals surface area contributed by atoms with Crippen molar-refractivity contribution in [1.82, 2.24) is 24.6 Å². The van der Waals surface area contributed by atoms with Crippen molar-refractivity contribution in [2.75, 3.05) is 25.5 Å². The molecule has 152 valence electrons. The zero-order chi connectivity index (χ0) is 20.2. The number of aliphatic hydroxyl groups excluding tert-OH is 1. The first-order valence-corrected chi connectivity index (χ1v) is 10.0. The molecule has 0 spiro atoms. The Bertz CT molecular complexity index is 980. The van der Waals surface area contributed by atoms with Gasteiger partial charge in [0.15, 0.2) is 5.82 Å². The molecule has 1 aliphatic rings. The topological polar surface area (TPSA) is 96.2 Å². The Morgan fingerprint density at radius 2 is 2.03 bits per heavy atom. The van der Waals surface area contributed by atoms with Crippen LogP contribution in [0.2, 0.25) is 0 Å². The number of aromatic nitrogens is 4. The number of hydrogen-bond acceptors (Lipinski definition) is 6. The summed E-state index contributed by atoms with van der Waals surface area (Å²) in [6.45, 7) is 0.387. The number of anilines is 1. The van der Waals surface area contributed by atoms with Crippen LogP contribution >= 0.6 is 0 Å². The SMILES string of the molecule is CN(CCO)C(=O)C1CCC(Nc2nccc(-n3ncc4ccccc43)n2)CC1. The van der Waals surface area contributed by atoms with Crippen LogP contribution in [0.1, 0.15) is 25.7 Å². The second-order valence-corrected chi connectivity index (χ2v) is 7.53. The number of carbonyl (C=O) groups is 1. The van der Waals surface area contributed by atoms with Gasteiger partial charge in [0.2, 0.25) is 11.9 Å². The largest absolute Gasteiger partial charge is 0.395 e. The Morgan fingerprint density at radius 1 is 1.24 bits per heavy atom. The molecule has 0 radical (unpaired) electrons. The molecule has 8 heteroatoms. The van der Waals surface area contributed by atoms with Crippen LogP contribution in [0.25, 0.3) is 16.7 Å². The van der Waals surface area contributed by atoms with Gasteiger partial charge in [0.25, 0.3) is 0 Å². The molecular formula is C21H26N6O2. The summed E-state index contributed by atoms with van der Waals surface area (Å²) in [5, 5.41) is 18.0. The number of fused-ring (bicyclic) bond motifs is 1. The molecule has 4 rings (SSSR count). The van der Waals surface area contributed by atoms with Crippen LogP contribution in [0, 0.1) is 5.92 Å². The second kappa shape index (κ2) is 8.57. The average Bonchev–Trinajstić information content (AvgIpc) is 3.18. The van der Waals surface area contributed by atoms with Gasteiger partial charge in [-0.15, -0.1) is 0 Å². The van der Waals surface area contributed by atoms with Gasteiger partial charge in [0, 0.05) is 43.2 Å². The molecule has 2 heterocycles. The van der Waals surface area contributed by atoms with Crippen LogP contribution < -0.4 is 5.32 Å². The molecule has 1 amide bonds. The standard InChI is InChI=1S/C21H26N6O2/c1-26(12-13-28)20(29)15-6-8-17(9-7-15)24-21-22-11-10-19(25-21)27-18-5-3-2-4-16(18)14-23-27/h2-5,10-11,14-15,17,28H,6-9,12-13H2,1H3,(H,22,24,25). The van der Waals surface area contributed by atoms with Crippen LogP contribution in [0.5, 0.6) is 0 Å². The van der Waals surface area contributed by atoms with Crippen molar-refractivity contribution in [1.29, 1.82) is 0 Å². The monoisotopic (exact) mass is 394 g/mol. The fourth-order valence-corrected chi connectivity index (χ4v) is 3.93. The normalized spacial score (nSPS) is 19.2. The van der Waals surface area contributed by atoms with Crippen molar-refractivity contribution in [3.8, 4) is 5.82 Å². The predicted molar refractivity (Wildman–Crippen MR) is 111 cm³/mol. The molecule has 0 saturated heterocycles. The smallest absolute Gasteiger partial charge is 0.225 e. The highest BCUT2D eigenvalue weighted by Crippen LogP contribution is 2.27. The second-order valence-electron chi connectivity index (χ2n) is 7.53. The average molecular weight is 394 g/mol. The number of para-hydroxylation sites is 1. The number of nitrogens with one attached hydrogen (secondary N) is 1. The molecule has 3 aromatic rings. The quantitative estimate of drug-likeness (QED) is 0.666. The molecule has 1 saturated carbocycles. The summed E-state index contributed by atoms with van der Waals surface area (Å²) in [5.41, 5.74) is 1.00. The minimum atomic E-state index is -0.00163. The van der Waals surface area contributed by atoms with Gasteiger partial charge in [-0.25, -0.2) is 9.67 Å². The van der Waals surface area contributed by atoms with E-state index in [0.29, 0.717) is 12.5 Å². The highest BCUT2D eigenvalue weighted by molar-refractivity contribution is 5.80. The minimum absolute atomic E-state index is 0.00163. The van der Waals surface area contributed by atoms with E-state index in [1.165, 1.54) is 0 Å². The first-order chi connectivity index (χ1) is 14.2. The Labute approximate surface area is 169 Å². The highest BCUT2D eigenvalue weighted by atomic mass is 16.3. The number of hydrogen-bond donors (Lipinski definition) is 2. The predicted octanol–water partition coefficient (Wildman–Crippen LogP) is 2.24. The van der Waals surface area contributed by atoms with E-state index < -0.39 is 0 Å². The molecule has 0 atom stereocenters. The van der Waals surface area contributed by atoms with Gasteiger partial charge in [-0.05, 0) is 31.7 Å². The molecule has 0 unspecified atom stereocenters. The third-order valence-electron chi connectivity index (χ3n) is 5.56. The van der Waals surface area contributed by atoms with Gasteiger partial charge < -0.3 is 15.3 Å². The zero-order valence-corrected chi connectivity index (χ0v) is 16.5. The lowest BCUT2D eigenvalue weighted by Gasteiger charge is -2.30. The molecule has 1 aromatic carbocycles. The first kappa shape index (κ1) is 19.3. The fraction of sp³-hybridized carbons (Fsp3) is 0.429. The lowest BCUT2D eigenvalue weighted by molar-refractivity contribution is -0.135. The van der Waals surface area contributed by atoms with Gasteiger partial charge in [0.1, 0.15) is 0 Å².